The van der Waals surface area contributed by atoms with Gasteiger partial charge in [0.25, 0.3) is 0 Å². The van der Waals surface area contributed by atoms with Gasteiger partial charge in [-0.2, -0.15) is 0 Å². The van der Waals surface area contributed by atoms with Gasteiger partial charge in [-0.3, -0.25) is 14.4 Å². The van der Waals surface area contributed by atoms with Crippen LogP contribution in [0.4, 0.5) is 0 Å². The molecule has 134 valence electrons. The Morgan fingerprint density at radius 2 is 2.04 bits per heavy atom. The molecule has 0 bridgehead atoms. The lowest BCUT2D eigenvalue weighted by Gasteiger charge is -2.34. The third-order valence-corrected chi connectivity index (χ3v) is 4.53. The van der Waals surface area contributed by atoms with Crippen LogP contribution in [0.25, 0.3) is 0 Å². The summed E-state index contributed by atoms with van der Waals surface area (Å²) in [6.07, 6.45) is 3.35. The summed E-state index contributed by atoms with van der Waals surface area (Å²) in [4.78, 5) is 37.4. The average Bonchev–Trinajstić information content (AvgIpc) is 2.62. The van der Waals surface area contributed by atoms with Crippen LogP contribution in [0.15, 0.2) is 36.9 Å². The van der Waals surface area contributed by atoms with Crippen molar-refractivity contribution in [1.82, 2.24) is 0 Å². The standard InChI is InChI=1S/C20H24O5/c1-3-14-25-19(23)20(12-7-10-17(21)24-4-2)13-11-15-8-5-6-9-16(15)18(20)22/h3,5-6,8-9H,1,4,7,10-14H2,2H3. The van der Waals surface area contributed by atoms with Gasteiger partial charge >= 0.3 is 11.9 Å². The number of ketones is 1. The van der Waals surface area contributed by atoms with Crippen LogP contribution in [0.1, 0.15) is 48.5 Å². The smallest absolute Gasteiger partial charge is 0.320 e. The van der Waals surface area contributed by atoms with Gasteiger partial charge in [0.05, 0.1) is 6.61 Å². The number of Topliss-reactive ketones (excluding diaryl/α,β-unsaturated/α-hetero) is 1. The maximum Gasteiger partial charge on any atom is 0.320 e. The number of rotatable bonds is 8. The van der Waals surface area contributed by atoms with E-state index in [0.29, 0.717) is 31.4 Å². The quantitative estimate of drug-likeness (QED) is 0.411. The fourth-order valence-electron chi connectivity index (χ4n) is 3.25. The molecule has 1 aliphatic rings. The Balaban J connectivity index is 2.21. The molecule has 1 aliphatic carbocycles. The van der Waals surface area contributed by atoms with Crippen molar-refractivity contribution in [2.24, 2.45) is 5.41 Å². The van der Waals surface area contributed by atoms with Gasteiger partial charge < -0.3 is 9.47 Å². The van der Waals surface area contributed by atoms with Crippen LogP contribution in [-0.2, 0) is 25.5 Å². The molecule has 0 saturated carbocycles. The number of hydrogen-bond donors (Lipinski definition) is 0. The molecular formula is C20H24O5. The zero-order valence-corrected chi connectivity index (χ0v) is 14.6. The van der Waals surface area contributed by atoms with Crippen molar-refractivity contribution < 1.29 is 23.9 Å². The van der Waals surface area contributed by atoms with Gasteiger partial charge in [-0.1, -0.05) is 36.9 Å². The average molecular weight is 344 g/mol. The predicted molar refractivity (Wildman–Crippen MR) is 93.2 cm³/mol. The third kappa shape index (κ3) is 4.16. The summed E-state index contributed by atoms with van der Waals surface area (Å²) in [7, 11) is 0. The number of benzene rings is 1. The highest BCUT2D eigenvalue weighted by atomic mass is 16.5. The van der Waals surface area contributed by atoms with E-state index in [-0.39, 0.29) is 31.2 Å². The largest absolute Gasteiger partial charge is 0.466 e. The van der Waals surface area contributed by atoms with E-state index < -0.39 is 11.4 Å². The van der Waals surface area contributed by atoms with E-state index in [4.69, 9.17) is 9.47 Å². The highest BCUT2D eigenvalue weighted by Gasteiger charge is 2.49. The molecular weight excluding hydrogens is 320 g/mol. The summed E-state index contributed by atoms with van der Waals surface area (Å²) in [5.74, 6) is -1.07. The van der Waals surface area contributed by atoms with Crippen molar-refractivity contribution in [3.63, 3.8) is 0 Å². The summed E-state index contributed by atoms with van der Waals surface area (Å²) in [6, 6.07) is 7.33. The van der Waals surface area contributed by atoms with Gasteiger partial charge in [-0.15, -0.1) is 0 Å². The summed E-state index contributed by atoms with van der Waals surface area (Å²) in [5, 5.41) is 0. The van der Waals surface area contributed by atoms with Crippen molar-refractivity contribution in [1.29, 1.82) is 0 Å². The number of aryl methyl sites for hydroxylation is 1. The van der Waals surface area contributed by atoms with Crippen LogP contribution in [-0.4, -0.2) is 30.9 Å². The van der Waals surface area contributed by atoms with E-state index in [9.17, 15) is 14.4 Å². The first-order valence-electron chi connectivity index (χ1n) is 8.61. The van der Waals surface area contributed by atoms with Crippen molar-refractivity contribution in [2.45, 2.75) is 39.0 Å². The maximum absolute atomic E-state index is 13.1. The fraction of sp³-hybridized carbons (Fsp3) is 0.450. The zero-order chi connectivity index (χ0) is 18.3. The van der Waals surface area contributed by atoms with Crippen molar-refractivity contribution in [3.8, 4) is 0 Å². The molecule has 2 rings (SSSR count). The monoisotopic (exact) mass is 344 g/mol. The topological polar surface area (TPSA) is 69.7 Å². The van der Waals surface area contributed by atoms with Crippen LogP contribution in [0.2, 0.25) is 0 Å². The SMILES string of the molecule is C=CCOC(=O)C1(CCCC(=O)OCC)CCc2ccccc2C1=O. The molecule has 1 aromatic rings. The zero-order valence-electron chi connectivity index (χ0n) is 14.6. The molecule has 0 spiro atoms. The first kappa shape index (κ1) is 18.9. The number of hydrogen-bond acceptors (Lipinski definition) is 5. The summed E-state index contributed by atoms with van der Waals surface area (Å²) in [5.41, 5.74) is 0.287. The summed E-state index contributed by atoms with van der Waals surface area (Å²) < 4.78 is 10.1. The maximum atomic E-state index is 13.1. The molecule has 0 aromatic heterocycles. The Morgan fingerprint density at radius 3 is 2.76 bits per heavy atom. The van der Waals surface area contributed by atoms with Crippen molar-refractivity contribution in [3.05, 3.63) is 48.0 Å². The molecule has 1 unspecified atom stereocenters. The summed E-state index contributed by atoms with van der Waals surface area (Å²) >= 11 is 0. The minimum Gasteiger partial charge on any atom is -0.466 e. The molecule has 0 amide bonds. The molecule has 0 radical (unpaired) electrons. The molecule has 5 nitrogen and oxygen atoms in total. The van der Waals surface area contributed by atoms with Gasteiger partial charge in [-0.05, 0) is 38.2 Å². The number of carbonyl (C=O) groups is 3. The van der Waals surface area contributed by atoms with Gasteiger partial charge in [0, 0.05) is 12.0 Å². The van der Waals surface area contributed by atoms with E-state index in [1.807, 2.05) is 12.1 Å². The second-order valence-corrected chi connectivity index (χ2v) is 6.11. The minimum atomic E-state index is -1.23. The second kappa shape index (κ2) is 8.60. The van der Waals surface area contributed by atoms with Crippen molar-refractivity contribution >= 4 is 17.7 Å². The highest BCUT2D eigenvalue weighted by Crippen LogP contribution is 2.40. The lowest BCUT2D eigenvalue weighted by Crippen LogP contribution is -2.44. The number of esters is 2. The lowest BCUT2D eigenvalue weighted by atomic mass is 9.67. The first-order valence-corrected chi connectivity index (χ1v) is 8.61. The number of ether oxygens (including phenoxy) is 2. The molecule has 0 fully saturated rings. The van der Waals surface area contributed by atoms with Gasteiger partial charge in [0.2, 0.25) is 0 Å². The minimum absolute atomic E-state index is 0.0629. The van der Waals surface area contributed by atoms with E-state index in [2.05, 4.69) is 6.58 Å². The first-order chi connectivity index (χ1) is 12.0. The van der Waals surface area contributed by atoms with Gasteiger partial charge in [0.15, 0.2) is 5.78 Å². The molecule has 1 aromatic carbocycles. The Bertz CT molecular complexity index is 664. The van der Waals surface area contributed by atoms with E-state index in [1.165, 1.54) is 6.08 Å². The van der Waals surface area contributed by atoms with Gasteiger partial charge in [-0.25, -0.2) is 0 Å². The fourth-order valence-corrected chi connectivity index (χ4v) is 3.25. The second-order valence-electron chi connectivity index (χ2n) is 6.11. The van der Waals surface area contributed by atoms with Crippen LogP contribution in [0.5, 0.6) is 0 Å². The van der Waals surface area contributed by atoms with Gasteiger partial charge in [0.1, 0.15) is 12.0 Å². The van der Waals surface area contributed by atoms with E-state index >= 15 is 0 Å². The Morgan fingerprint density at radius 1 is 1.28 bits per heavy atom. The normalized spacial score (nSPS) is 19.0. The van der Waals surface area contributed by atoms with Crippen LogP contribution in [0.3, 0.4) is 0 Å². The van der Waals surface area contributed by atoms with Crippen LogP contribution in [0, 0.1) is 5.41 Å². The number of carbonyl (C=O) groups excluding carboxylic acids is 3. The molecule has 0 heterocycles. The Hall–Kier alpha value is -2.43. The molecule has 1 atom stereocenters. The highest BCUT2D eigenvalue weighted by molar-refractivity contribution is 6.14. The Kier molecular flexibility index (Phi) is 6.51. The molecule has 0 N–H and O–H groups in total. The molecule has 0 saturated heterocycles. The third-order valence-electron chi connectivity index (χ3n) is 4.53. The number of fused-ring (bicyclic) bond motifs is 1. The van der Waals surface area contributed by atoms with Crippen LogP contribution >= 0.6 is 0 Å². The van der Waals surface area contributed by atoms with E-state index in [1.54, 1.807) is 19.1 Å². The molecule has 25 heavy (non-hydrogen) atoms. The van der Waals surface area contributed by atoms with E-state index in [0.717, 1.165) is 5.56 Å². The lowest BCUT2D eigenvalue weighted by molar-refractivity contribution is -0.153. The molecule has 5 heteroatoms. The molecule has 0 aliphatic heterocycles. The van der Waals surface area contributed by atoms with Crippen molar-refractivity contribution in [2.75, 3.05) is 13.2 Å². The van der Waals surface area contributed by atoms with Crippen LogP contribution < -0.4 is 0 Å². The predicted octanol–water partition coefficient (Wildman–Crippen LogP) is 3.26. The summed E-state index contributed by atoms with van der Waals surface area (Å²) in [6.45, 7) is 5.66. The Labute approximate surface area is 148 Å².